The first kappa shape index (κ1) is 17.2. The van der Waals surface area contributed by atoms with Gasteiger partial charge in [-0.15, -0.1) is 0 Å². The number of hydrogen-bond donors (Lipinski definition) is 0. The van der Waals surface area contributed by atoms with Gasteiger partial charge in [-0.05, 0) is 49.1 Å². The van der Waals surface area contributed by atoms with E-state index in [9.17, 15) is 4.79 Å². The maximum Gasteiger partial charge on any atom is 0.235 e. The van der Waals surface area contributed by atoms with Gasteiger partial charge >= 0.3 is 0 Å². The van der Waals surface area contributed by atoms with Gasteiger partial charge in [0.1, 0.15) is 0 Å². The third-order valence-corrected chi connectivity index (χ3v) is 8.38. The van der Waals surface area contributed by atoms with Crippen LogP contribution >= 0.6 is 0 Å². The summed E-state index contributed by atoms with van der Waals surface area (Å²) in [5, 5.41) is 0. The van der Waals surface area contributed by atoms with Crippen LogP contribution in [0.15, 0.2) is 24.3 Å². The Hall–Kier alpha value is -1.97. The molecule has 2 fully saturated rings. The molecule has 1 aliphatic heterocycles. The molecule has 1 saturated heterocycles. The second kappa shape index (κ2) is 5.30. The fourth-order valence-electron chi connectivity index (χ4n) is 6.00. The first-order chi connectivity index (χ1) is 12.8. The van der Waals surface area contributed by atoms with E-state index in [4.69, 9.17) is 9.97 Å². The number of aromatic nitrogens is 2. The van der Waals surface area contributed by atoms with E-state index >= 15 is 0 Å². The van der Waals surface area contributed by atoms with Crippen LogP contribution in [0.5, 0.6) is 0 Å². The SMILES string of the molecule is CC1CCN(C(=O)C23CCC(C)(c4nc5ccccc5nc42)C3(C)C)CC1. The van der Waals surface area contributed by atoms with E-state index in [0.717, 1.165) is 61.2 Å². The summed E-state index contributed by atoms with van der Waals surface area (Å²) in [5.74, 6) is 1.01. The number of amides is 1. The Bertz CT molecular complexity index is 944. The minimum atomic E-state index is -0.533. The van der Waals surface area contributed by atoms with Crippen molar-refractivity contribution in [1.82, 2.24) is 14.9 Å². The van der Waals surface area contributed by atoms with Crippen LogP contribution in [0.25, 0.3) is 11.0 Å². The Morgan fingerprint density at radius 2 is 1.59 bits per heavy atom. The molecule has 1 amide bonds. The third kappa shape index (κ3) is 1.92. The lowest BCUT2D eigenvalue weighted by atomic mass is 9.63. The Labute approximate surface area is 161 Å². The molecule has 2 heterocycles. The zero-order valence-corrected chi connectivity index (χ0v) is 16.9. The van der Waals surface area contributed by atoms with Gasteiger partial charge in [-0.2, -0.15) is 0 Å². The zero-order valence-electron chi connectivity index (χ0n) is 16.9. The number of rotatable bonds is 1. The smallest absolute Gasteiger partial charge is 0.235 e. The molecule has 4 nitrogen and oxygen atoms in total. The molecule has 5 rings (SSSR count). The van der Waals surface area contributed by atoms with Gasteiger partial charge in [0.05, 0.1) is 27.8 Å². The lowest BCUT2D eigenvalue weighted by Crippen LogP contribution is -2.54. The maximum absolute atomic E-state index is 14.0. The van der Waals surface area contributed by atoms with E-state index in [1.165, 1.54) is 0 Å². The van der Waals surface area contributed by atoms with Crippen LogP contribution in [0.4, 0.5) is 0 Å². The lowest BCUT2D eigenvalue weighted by molar-refractivity contribution is -0.142. The third-order valence-electron chi connectivity index (χ3n) is 8.38. The summed E-state index contributed by atoms with van der Waals surface area (Å²) in [6.07, 6.45) is 4.11. The van der Waals surface area contributed by atoms with Crippen LogP contribution in [0.1, 0.15) is 64.8 Å². The molecule has 2 bridgehead atoms. The van der Waals surface area contributed by atoms with Gasteiger partial charge in [-0.3, -0.25) is 4.79 Å². The molecule has 0 radical (unpaired) electrons. The Balaban J connectivity index is 1.70. The van der Waals surface area contributed by atoms with Gasteiger partial charge in [-0.1, -0.05) is 39.8 Å². The minimum Gasteiger partial charge on any atom is -0.342 e. The number of carbonyl (C=O) groups is 1. The van der Waals surface area contributed by atoms with E-state index < -0.39 is 5.41 Å². The number of hydrogen-bond acceptors (Lipinski definition) is 3. The molecule has 3 aliphatic rings. The monoisotopic (exact) mass is 363 g/mol. The fraction of sp³-hybridized carbons (Fsp3) is 0.609. The highest BCUT2D eigenvalue weighted by Gasteiger charge is 2.73. The van der Waals surface area contributed by atoms with Crippen molar-refractivity contribution in [1.29, 1.82) is 0 Å². The standard InChI is InChI=1S/C23H29N3O/c1-15-9-13-26(14-10-15)20(27)23-12-11-22(4,21(23,2)3)18-19(23)25-17-8-6-5-7-16(17)24-18/h5-8,15H,9-14H2,1-4H3. The van der Waals surface area contributed by atoms with Crippen molar-refractivity contribution in [2.24, 2.45) is 11.3 Å². The van der Waals surface area contributed by atoms with Crippen LogP contribution < -0.4 is 0 Å². The van der Waals surface area contributed by atoms with Crippen LogP contribution in [0.2, 0.25) is 0 Å². The first-order valence-corrected chi connectivity index (χ1v) is 10.4. The number of nitrogens with zero attached hydrogens (tertiary/aromatic N) is 3. The molecule has 142 valence electrons. The van der Waals surface area contributed by atoms with Crippen molar-refractivity contribution in [3.8, 4) is 0 Å². The second-order valence-electron chi connectivity index (χ2n) is 9.75. The molecule has 2 aromatic rings. The summed E-state index contributed by atoms with van der Waals surface area (Å²) in [5.41, 5.74) is 3.06. The summed E-state index contributed by atoms with van der Waals surface area (Å²) in [6, 6.07) is 8.07. The van der Waals surface area contributed by atoms with Crippen molar-refractivity contribution >= 4 is 16.9 Å². The zero-order chi connectivity index (χ0) is 19.0. The van der Waals surface area contributed by atoms with Crippen LogP contribution in [-0.2, 0) is 15.6 Å². The quantitative estimate of drug-likeness (QED) is 0.762. The fourth-order valence-corrected chi connectivity index (χ4v) is 6.00. The number of piperidine rings is 1. The van der Waals surface area contributed by atoms with Crippen molar-refractivity contribution in [3.05, 3.63) is 35.7 Å². The van der Waals surface area contributed by atoms with Gasteiger partial charge in [0.25, 0.3) is 0 Å². The molecule has 0 spiro atoms. The van der Waals surface area contributed by atoms with Gasteiger partial charge in [0, 0.05) is 18.5 Å². The highest BCUT2D eigenvalue weighted by molar-refractivity contribution is 5.93. The van der Waals surface area contributed by atoms with Gasteiger partial charge in [0.2, 0.25) is 5.91 Å². The summed E-state index contributed by atoms with van der Waals surface area (Å²) < 4.78 is 0. The van der Waals surface area contributed by atoms with Crippen LogP contribution in [0.3, 0.4) is 0 Å². The maximum atomic E-state index is 14.0. The Morgan fingerprint density at radius 1 is 1.00 bits per heavy atom. The summed E-state index contributed by atoms with van der Waals surface area (Å²) in [7, 11) is 0. The molecule has 2 aliphatic carbocycles. The number of para-hydroxylation sites is 2. The summed E-state index contributed by atoms with van der Waals surface area (Å²) in [6.45, 7) is 10.9. The Kier molecular flexibility index (Phi) is 3.37. The van der Waals surface area contributed by atoms with Crippen LogP contribution in [-0.4, -0.2) is 33.9 Å². The normalized spacial score (nSPS) is 32.1. The summed E-state index contributed by atoms with van der Waals surface area (Å²) in [4.78, 5) is 26.3. The topological polar surface area (TPSA) is 46.1 Å². The molecule has 1 aromatic carbocycles. The number of carbonyl (C=O) groups excluding carboxylic acids is 1. The van der Waals surface area contributed by atoms with E-state index in [1.54, 1.807) is 0 Å². The van der Waals surface area contributed by atoms with Crippen molar-refractivity contribution in [3.63, 3.8) is 0 Å². The lowest BCUT2D eigenvalue weighted by Gasteiger charge is -2.43. The Morgan fingerprint density at radius 3 is 2.22 bits per heavy atom. The van der Waals surface area contributed by atoms with E-state index in [1.807, 2.05) is 24.3 Å². The number of fused-ring (bicyclic) bond motifs is 6. The molecule has 2 unspecified atom stereocenters. The van der Waals surface area contributed by atoms with Crippen molar-refractivity contribution < 1.29 is 4.79 Å². The molecule has 1 saturated carbocycles. The van der Waals surface area contributed by atoms with E-state index in [-0.39, 0.29) is 10.8 Å². The molecule has 0 N–H and O–H groups in total. The molecule has 1 aromatic heterocycles. The van der Waals surface area contributed by atoms with E-state index in [0.29, 0.717) is 11.8 Å². The average Bonchev–Trinajstić information content (AvgIpc) is 2.96. The van der Waals surface area contributed by atoms with Crippen molar-refractivity contribution in [2.45, 2.75) is 64.2 Å². The van der Waals surface area contributed by atoms with Gasteiger partial charge in [0.15, 0.2) is 0 Å². The van der Waals surface area contributed by atoms with Gasteiger partial charge in [-0.25, -0.2) is 9.97 Å². The van der Waals surface area contributed by atoms with Gasteiger partial charge < -0.3 is 4.90 Å². The molecule has 27 heavy (non-hydrogen) atoms. The average molecular weight is 364 g/mol. The highest BCUT2D eigenvalue weighted by atomic mass is 16.2. The van der Waals surface area contributed by atoms with E-state index in [2.05, 4.69) is 32.6 Å². The van der Waals surface area contributed by atoms with Crippen molar-refractivity contribution in [2.75, 3.05) is 13.1 Å². The predicted molar refractivity (Wildman–Crippen MR) is 107 cm³/mol. The van der Waals surface area contributed by atoms with Crippen LogP contribution in [0, 0.1) is 11.3 Å². The number of benzene rings is 1. The first-order valence-electron chi connectivity index (χ1n) is 10.4. The second-order valence-corrected chi connectivity index (χ2v) is 9.75. The molecular weight excluding hydrogens is 334 g/mol. The molecule has 2 atom stereocenters. The predicted octanol–water partition coefficient (Wildman–Crippen LogP) is 4.22. The largest absolute Gasteiger partial charge is 0.342 e. The summed E-state index contributed by atoms with van der Waals surface area (Å²) >= 11 is 0. The minimum absolute atomic E-state index is 0.0991. The highest BCUT2D eigenvalue weighted by Crippen LogP contribution is 2.70. The molecule has 4 heteroatoms. The molecular formula is C23H29N3O. The number of likely N-dealkylation sites (tertiary alicyclic amines) is 1.